The molecule has 2 aromatic rings. The highest BCUT2D eigenvalue weighted by atomic mass is 35.5. The summed E-state index contributed by atoms with van der Waals surface area (Å²) < 4.78 is 29.4. The Hall–Kier alpha value is -1.64. The Morgan fingerprint density at radius 3 is 2.55 bits per heavy atom. The fourth-order valence-electron chi connectivity index (χ4n) is 1.52. The van der Waals surface area contributed by atoms with E-state index in [2.05, 4.69) is 15.5 Å². The number of halogens is 2. The molecule has 1 aromatic heterocycles. The van der Waals surface area contributed by atoms with Crippen molar-refractivity contribution >= 4 is 38.9 Å². The first-order valence-electron chi connectivity index (χ1n) is 6.03. The van der Waals surface area contributed by atoms with Crippen LogP contribution in [-0.2, 0) is 26.9 Å². The maximum Gasteiger partial charge on any atom is 0.335 e. The molecule has 0 bridgehead atoms. The van der Waals surface area contributed by atoms with Crippen molar-refractivity contribution in [1.29, 1.82) is 0 Å². The Kier molecular flexibility index (Phi) is 5.38. The fraction of sp³-hybridized carbons (Fsp3) is 0.250. The van der Waals surface area contributed by atoms with E-state index in [1.165, 1.54) is 0 Å². The zero-order chi connectivity index (χ0) is 16.2. The number of benzene rings is 1. The van der Waals surface area contributed by atoms with Crippen LogP contribution < -0.4 is 5.32 Å². The molecule has 118 valence electrons. The van der Waals surface area contributed by atoms with Crippen LogP contribution in [0.3, 0.4) is 0 Å². The topological polar surface area (TPSA) is 102 Å². The third kappa shape index (κ3) is 4.43. The minimum absolute atomic E-state index is 0.0202. The molecule has 7 nitrogen and oxygen atoms in total. The van der Waals surface area contributed by atoms with Gasteiger partial charge in [0.1, 0.15) is 5.88 Å². The summed E-state index contributed by atoms with van der Waals surface area (Å²) in [5.41, 5.74) is 0.541. The summed E-state index contributed by atoms with van der Waals surface area (Å²) in [6, 6.07) is 6.37. The van der Waals surface area contributed by atoms with Gasteiger partial charge in [-0.2, -0.15) is 0 Å². The van der Waals surface area contributed by atoms with Crippen molar-refractivity contribution in [3.63, 3.8) is 0 Å². The van der Waals surface area contributed by atoms with Crippen LogP contribution in [0.15, 0.2) is 33.9 Å². The van der Waals surface area contributed by atoms with Crippen molar-refractivity contribution in [2.75, 3.05) is 5.88 Å². The first-order valence-corrected chi connectivity index (χ1v) is 8.59. The standard InChI is InChI=1S/C12H11Cl2N3O4S/c13-5-10(18)15-6-11-16-17-12(21-11)22(19,20)7-8-1-3-9(14)4-2-8/h1-4H,5-7H2,(H,15,18). The fourth-order valence-corrected chi connectivity index (χ4v) is 2.88. The van der Waals surface area contributed by atoms with Crippen molar-refractivity contribution in [2.24, 2.45) is 0 Å². The van der Waals surface area contributed by atoms with E-state index >= 15 is 0 Å². The number of carbonyl (C=O) groups is 1. The van der Waals surface area contributed by atoms with E-state index in [-0.39, 0.29) is 24.1 Å². The Bertz CT molecular complexity index is 759. The second-order valence-electron chi connectivity index (χ2n) is 4.26. The number of nitrogens with zero attached hydrogens (tertiary/aromatic N) is 2. The van der Waals surface area contributed by atoms with Crippen molar-refractivity contribution in [2.45, 2.75) is 17.5 Å². The molecule has 22 heavy (non-hydrogen) atoms. The molecule has 0 atom stereocenters. The second kappa shape index (κ2) is 7.08. The Balaban J connectivity index is 2.08. The Morgan fingerprint density at radius 1 is 1.23 bits per heavy atom. The molecular formula is C12H11Cl2N3O4S. The maximum absolute atomic E-state index is 12.2. The molecule has 0 spiro atoms. The van der Waals surface area contributed by atoms with Gasteiger partial charge in [0.15, 0.2) is 0 Å². The van der Waals surface area contributed by atoms with Gasteiger partial charge in [-0.25, -0.2) is 8.42 Å². The average Bonchev–Trinajstić information content (AvgIpc) is 2.97. The lowest BCUT2D eigenvalue weighted by Crippen LogP contribution is -2.23. The number of sulfone groups is 1. The molecule has 10 heteroatoms. The number of carbonyl (C=O) groups excluding carboxylic acids is 1. The van der Waals surface area contributed by atoms with E-state index in [0.717, 1.165) is 0 Å². The van der Waals surface area contributed by atoms with E-state index in [1.54, 1.807) is 24.3 Å². The summed E-state index contributed by atoms with van der Waals surface area (Å²) in [4.78, 5) is 11.0. The van der Waals surface area contributed by atoms with Crippen molar-refractivity contribution < 1.29 is 17.6 Å². The summed E-state index contributed by atoms with van der Waals surface area (Å²) in [6.07, 6.45) is 0. The Labute approximate surface area is 136 Å². The molecule has 1 N–H and O–H groups in total. The molecule has 1 heterocycles. The monoisotopic (exact) mass is 363 g/mol. The first-order chi connectivity index (χ1) is 10.4. The highest BCUT2D eigenvalue weighted by Crippen LogP contribution is 2.17. The van der Waals surface area contributed by atoms with Crippen LogP contribution in [0.2, 0.25) is 5.02 Å². The van der Waals surface area contributed by atoms with Gasteiger partial charge in [0, 0.05) is 5.02 Å². The van der Waals surface area contributed by atoms with Gasteiger partial charge in [-0.15, -0.1) is 16.7 Å². The minimum Gasteiger partial charge on any atom is -0.411 e. The number of nitrogens with one attached hydrogen (secondary N) is 1. The number of rotatable bonds is 6. The molecule has 0 aliphatic carbocycles. The minimum atomic E-state index is -3.77. The average molecular weight is 364 g/mol. The van der Waals surface area contributed by atoms with Gasteiger partial charge >= 0.3 is 5.22 Å². The quantitative estimate of drug-likeness (QED) is 0.781. The summed E-state index contributed by atoms with van der Waals surface area (Å²) in [5.74, 6) is -0.950. The van der Waals surface area contributed by atoms with Crippen LogP contribution >= 0.6 is 23.2 Å². The van der Waals surface area contributed by atoms with Crippen molar-refractivity contribution in [3.05, 3.63) is 40.7 Å². The smallest absolute Gasteiger partial charge is 0.335 e. The molecule has 1 aromatic carbocycles. The molecule has 0 unspecified atom stereocenters. The second-order valence-corrected chi connectivity index (χ2v) is 6.83. The van der Waals surface area contributed by atoms with Crippen LogP contribution in [0.1, 0.15) is 11.5 Å². The number of hydrogen-bond acceptors (Lipinski definition) is 6. The number of amides is 1. The van der Waals surface area contributed by atoms with Crippen molar-refractivity contribution in [1.82, 2.24) is 15.5 Å². The van der Waals surface area contributed by atoms with E-state index in [1.807, 2.05) is 0 Å². The summed E-state index contributed by atoms with van der Waals surface area (Å²) in [7, 11) is -3.77. The maximum atomic E-state index is 12.2. The lowest BCUT2D eigenvalue weighted by atomic mass is 10.2. The van der Waals surface area contributed by atoms with Gasteiger partial charge in [0.25, 0.3) is 0 Å². The molecule has 0 aliphatic heterocycles. The molecule has 1 amide bonds. The van der Waals surface area contributed by atoms with Crippen LogP contribution in [-0.4, -0.2) is 30.4 Å². The highest BCUT2D eigenvalue weighted by molar-refractivity contribution is 7.90. The molecule has 0 fully saturated rings. The summed E-state index contributed by atoms with van der Waals surface area (Å²) in [5, 5.41) is 9.46. The van der Waals surface area contributed by atoms with Gasteiger partial charge in [0.05, 0.1) is 12.3 Å². The van der Waals surface area contributed by atoms with Crippen LogP contribution in [0.25, 0.3) is 0 Å². The lowest BCUT2D eigenvalue weighted by Gasteiger charge is -2.00. The molecule has 0 radical (unpaired) electrons. The van der Waals surface area contributed by atoms with Gasteiger partial charge in [-0.3, -0.25) is 4.79 Å². The van der Waals surface area contributed by atoms with E-state index < -0.39 is 21.0 Å². The van der Waals surface area contributed by atoms with Gasteiger partial charge in [0.2, 0.25) is 21.6 Å². The van der Waals surface area contributed by atoms with Crippen molar-refractivity contribution in [3.8, 4) is 0 Å². The highest BCUT2D eigenvalue weighted by Gasteiger charge is 2.23. The number of hydrogen-bond donors (Lipinski definition) is 1. The van der Waals surface area contributed by atoms with E-state index in [9.17, 15) is 13.2 Å². The lowest BCUT2D eigenvalue weighted by molar-refractivity contribution is -0.118. The molecule has 0 aliphatic rings. The molecule has 0 saturated heterocycles. The van der Waals surface area contributed by atoms with Crippen LogP contribution in [0.4, 0.5) is 0 Å². The molecule has 0 saturated carbocycles. The number of alkyl halides is 1. The van der Waals surface area contributed by atoms with Gasteiger partial charge in [-0.1, -0.05) is 28.8 Å². The summed E-state index contributed by atoms with van der Waals surface area (Å²) in [6.45, 7) is -0.0883. The largest absolute Gasteiger partial charge is 0.411 e. The van der Waals surface area contributed by atoms with E-state index in [0.29, 0.717) is 10.6 Å². The third-order valence-electron chi connectivity index (χ3n) is 2.54. The first kappa shape index (κ1) is 16.7. The Morgan fingerprint density at radius 2 is 1.91 bits per heavy atom. The van der Waals surface area contributed by atoms with Crippen LogP contribution in [0, 0.1) is 0 Å². The predicted molar refractivity (Wildman–Crippen MR) is 79.2 cm³/mol. The third-order valence-corrected chi connectivity index (χ3v) is 4.45. The normalized spacial score (nSPS) is 11.4. The summed E-state index contributed by atoms with van der Waals surface area (Å²) >= 11 is 11.1. The van der Waals surface area contributed by atoms with Gasteiger partial charge < -0.3 is 9.73 Å². The predicted octanol–water partition coefficient (Wildman–Crippen LogP) is 1.55. The van der Waals surface area contributed by atoms with Gasteiger partial charge in [-0.05, 0) is 17.7 Å². The molecule has 2 rings (SSSR count). The molecular weight excluding hydrogens is 353 g/mol. The number of aromatic nitrogens is 2. The SMILES string of the molecule is O=C(CCl)NCc1nnc(S(=O)(=O)Cc2ccc(Cl)cc2)o1. The van der Waals surface area contributed by atoms with Crippen LogP contribution in [0.5, 0.6) is 0 Å². The zero-order valence-electron chi connectivity index (χ0n) is 11.1. The van der Waals surface area contributed by atoms with E-state index in [4.69, 9.17) is 27.6 Å². The zero-order valence-corrected chi connectivity index (χ0v) is 13.5.